The Labute approximate surface area is 158 Å². The molecule has 0 saturated carbocycles. The highest BCUT2D eigenvalue weighted by Gasteiger charge is 2.11. The molecule has 144 valence electrons. The highest BCUT2D eigenvalue weighted by molar-refractivity contribution is 6.04. The fourth-order valence-corrected chi connectivity index (χ4v) is 2.55. The SMILES string of the molecule is COc1cccc(C(=O)Nc2ccccc2CNCCC[C@H](N)C(=O)O)c1. The quantitative estimate of drug-likeness (QED) is 0.476. The number of ether oxygens (including phenoxy) is 1. The molecule has 0 saturated heterocycles. The third-order valence-corrected chi connectivity index (χ3v) is 4.10. The number of rotatable bonds is 10. The molecule has 2 aromatic carbocycles. The summed E-state index contributed by atoms with van der Waals surface area (Å²) in [4.78, 5) is 23.2. The van der Waals surface area contributed by atoms with Crippen LogP contribution < -0.4 is 21.1 Å². The van der Waals surface area contributed by atoms with Crippen LogP contribution in [0.3, 0.4) is 0 Å². The Balaban J connectivity index is 1.91. The number of para-hydroxylation sites is 1. The average Bonchev–Trinajstić information content (AvgIpc) is 2.68. The van der Waals surface area contributed by atoms with Crippen LogP contribution in [0.4, 0.5) is 5.69 Å². The lowest BCUT2D eigenvalue weighted by Crippen LogP contribution is -2.31. The van der Waals surface area contributed by atoms with Gasteiger partial charge in [0.25, 0.3) is 5.91 Å². The number of nitrogens with one attached hydrogen (secondary N) is 2. The van der Waals surface area contributed by atoms with E-state index in [0.29, 0.717) is 37.2 Å². The number of anilines is 1. The Hall–Kier alpha value is -2.90. The van der Waals surface area contributed by atoms with Crippen molar-refractivity contribution in [2.45, 2.75) is 25.4 Å². The molecule has 7 heteroatoms. The van der Waals surface area contributed by atoms with Crippen LogP contribution in [0.1, 0.15) is 28.8 Å². The molecule has 0 bridgehead atoms. The van der Waals surface area contributed by atoms with E-state index in [9.17, 15) is 9.59 Å². The summed E-state index contributed by atoms with van der Waals surface area (Å²) in [5.41, 5.74) is 7.66. The number of carbonyl (C=O) groups excluding carboxylic acids is 1. The zero-order valence-electron chi connectivity index (χ0n) is 15.3. The van der Waals surface area contributed by atoms with E-state index in [1.807, 2.05) is 24.3 Å². The molecule has 0 aliphatic heterocycles. The standard InChI is InChI=1S/C20H25N3O4/c1-27-16-8-4-7-14(12-16)19(24)23-18-10-3-2-6-15(18)13-22-11-5-9-17(21)20(25)26/h2-4,6-8,10,12,17,22H,5,9,11,13,21H2,1H3,(H,23,24)(H,25,26)/t17-/m0/s1. The van der Waals surface area contributed by atoms with Crippen LogP contribution in [-0.2, 0) is 11.3 Å². The largest absolute Gasteiger partial charge is 0.497 e. The summed E-state index contributed by atoms with van der Waals surface area (Å²) in [6, 6.07) is 13.7. The van der Waals surface area contributed by atoms with Crippen molar-refractivity contribution in [1.82, 2.24) is 5.32 Å². The van der Waals surface area contributed by atoms with Gasteiger partial charge in [-0.15, -0.1) is 0 Å². The molecule has 2 rings (SSSR count). The third kappa shape index (κ3) is 6.40. The fraction of sp³-hybridized carbons (Fsp3) is 0.300. The molecule has 0 aliphatic carbocycles. The number of methoxy groups -OCH3 is 1. The number of aliphatic carboxylic acids is 1. The van der Waals surface area contributed by atoms with Crippen molar-refractivity contribution >= 4 is 17.6 Å². The first kappa shape index (κ1) is 20.4. The zero-order valence-corrected chi connectivity index (χ0v) is 15.3. The van der Waals surface area contributed by atoms with Crippen LogP contribution in [0, 0.1) is 0 Å². The minimum Gasteiger partial charge on any atom is -0.497 e. The first-order chi connectivity index (χ1) is 13.0. The predicted octanol–water partition coefficient (Wildman–Crippen LogP) is 2.23. The first-order valence-corrected chi connectivity index (χ1v) is 8.73. The van der Waals surface area contributed by atoms with Crippen molar-refractivity contribution in [3.63, 3.8) is 0 Å². The predicted molar refractivity (Wildman–Crippen MR) is 104 cm³/mol. The number of benzene rings is 2. The molecule has 7 nitrogen and oxygen atoms in total. The minimum atomic E-state index is -0.986. The lowest BCUT2D eigenvalue weighted by molar-refractivity contribution is -0.138. The van der Waals surface area contributed by atoms with Gasteiger partial charge in [-0.3, -0.25) is 9.59 Å². The number of nitrogens with two attached hydrogens (primary N) is 1. The van der Waals surface area contributed by atoms with Gasteiger partial charge in [0.2, 0.25) is 0 Å². The molecule has 0 aromatic heterocycles. The maximum absolute atomic E-state index is 12.5. The van der Waals surface area contributed by atoms with Gasteiger partial charge >= 0.3 is 5.97 Å². The van der Waals surface area contributed by atoms with Gasteiger partial charge in [-0.2, -0.15) is 0 Å². The second-order valence-electron chi connectivity index (χ2n) is 6.11. The van der Waals surface area contributed by atoms with Gasteiger partial charge in [0, 0.05) is 17.8 Å². The Morgan fingerprint density at radius 1 is 1.19 bits per heavy atom. The monoisotopic (exact) mass is 371 g/mol. The van der Waals surface area contributed by atoms with E-state index in [0.717, 1.165) is 11.3 Å². The van der Waals surface area contributed by atoms with Crippen molar-refractivity contribution in [1.29, 1.82) is 0 Å². The second-order valence-corrected chi connectivity index (χ2v) is 6.11. The van der Waals surface area contributed by atoms with Gasteiger partial charge in [-0.1, -0.05) is 24.3 Å². The Bertz CT molecular complexity index is 779. The van der Waals surface area contributed by atoms with E-state index in [-0.39, 0.29) is 5.91 Å². The number of carbonyl (C=O) groups is 2. The molecule has 2 aromatic rings. The highest BCUT2D eigenvalue weighted by Crippen LogP contribution is 2.18. The summed E-state index contributed by atoms with van der Waals surface area (Å²) in [7, 11) is 1.56. The molecular weight excluding hydrogens is 346 g/mol. The lowest BCUT2D eigenvalue weighted by Gasteiger charge is -2.13. The smallest absolute Gasteiger partial charge is 0.320 e. The van der Waals surface area contributed by atoms with Crippen molar-refractivity contribution in [3.05, 3.63) is 59.7 Å². The summed E-state index contributed by atoms with van der Waals surface area (Å²) >= 11 is 0. The summed E-state index contributed by atoms with van der Waals surface area (Å²) in [6.07, 6.45) is 1.07. The maximum Gasteiger partial charge on any atom is 0.320 e. The average molecular weight is 371 g/mol. The number of amides is 1. The molecule has 0 unspecified atom stereocenters. The van der Waals surface area contributed by atoms with Gasteiger partial charge in [0.1, 0.15) is 11.8 Å². The molecule has 0 spiro atoms. The van der Waals surface area contributed by atoms with Crippen LogP contribution in [0.15, 0.2) is 48.5 Å². The molecule has 1 amide bonds. The van der Waals surface area contributed by atoms with Gasteiger partial charge in [-0.05, 0) is 49.2 Å². The van der Waals surface area contributed by atoms with Crippen LogP contribution in [0.5, 0.6) is 5.75 Å². The molecule has 27 heavy (non-hydrogen) atoms. The molecule has 5 N–H and O–H groups in total. The lowest BCUT2D eigenvalue weighted by atomic mass is 10.1. The Kier molecular flexibility index (Phi) is 7.79. The van der Waals surface area contributed by atoms with Crippen LogP contribution in [0.25, 0.3) is 0 Å². The molecule has 0 aliphatic rings. The number of carboxylic acids is 1. The van der Waals surface area contributed by atoms with Crippen LogP contribution >= 0.6 is 0 Å². The molecular formula is C20H25N3O4. The topological polar surface area (TPSA) is 114 Å². The summed E-state index contributed by atoms with van der Waals surface area (Å²) in [6.45, 7) is 1.19. The van der Waals surface area contributed by atoms with Crippen molar-refractivity contribution in [3.8, 4) is 5.75 Å². The Morgan fingerprint density at radius 2 is 1.96 bits per heavy atom. The van der Waals surface area contributed by atoms with Gasteiger partial charge in [0.15, 0.2) is 0 Å². The minimum absolute atomic E-state index is 0.214. The van der Waals surface area contributed by atoms with Crippen molar-refractivity contribution in [2.24, 2.45) is 5.73 Å². The normalized spacial score (nSPS) is 11.6. The van der Waals surface area contributed by atoms with Crippen molar-refractivity contribution < 1.29 is 19.4 Å². The van der Waals surface area contributed by atoms with E-state index in [4.69, 9.17) is 15.6 Å². The van der Waals surface area contributed by atoms with Gasteiger partial charge in [-0.25, -0.2) is 0 Å². The number of carboxylic acid groups (broad SMARTS) is 1. The van der Waals surface area contributed by atoms with E-state index in [2.05, 4.69) is 10.6 Å². The zero-order chi connectivity index (χ0) is 19.6. The summed E-state index contributed by atoms with van der Waals surface area (Å²) in [5.74, 6) is -0.577. The number of hydrogen-bond acceptors (Lipinski definition) is 5. The molecule has 0 radical (unpaired) electrons. The first-order valence-electron chi connectivity index (χ1n) is 8.73. The molecule has 1 atom stereocenters. The van der Waals surface area contributed by atoms with Crippen LogP contribution in [0.2, 0.25) is 0 Å². The van der Waals surface area contributed by atoms with Gasteiger partial charge in [0.05, 0.1) is 7.11 Å². The molecule has 0 heterocycles. The molecule has 0 fully saturated rings. The van der Waals surface area contributed by atoms with Crippen molar-refractivity contribution in [2.75, 3.05) is 19.0 Å². The van der Waals surface area contributed by atoms with E-state index < -0.39 is 12.0 Å². The maximum atomic E-state index is 12.5. The second kappa shape index (κ2) is 10.3. The number of hydrogen-bond donors (Lipinski definition) is 4. The Morgan fingerprint density at radius 3 is 2.70 bits per heavy atom. The van der Waals surface area contributed by atoms with E-state index in [1.54, 1.807) is 31.4 Å². The van der Waals surface area contributed by atoms with Crippen LogP contribution in [-0.4, -0.2) is 36.7 Å². The third-order valence-electron chi connectivity index (χ3n) is 4.10. The van der Waals surface area contributed by atoms with Gasteiger partial charge < -0.3 is 26.2 Å². The van der Waals surface area contributed by atoms with E-state index in [1.165, 1.54) is 0 Å². The summed E-state index contributed by atoms with van der Waals surface area (Å²) in [5, 5.41) is 14.9. The van der Waals surface area contributed by atoms with E-state index >= 15 is 0 Å². The fourth-order valence-electron chi connectivity index (χ4n) is 2.55. The summed E-state index contributed by atoms with van der Waals surface area (Å²) < 4.78 is 5.15. The highest BCUT2D eigenvalue weighted by atomic mass is 16.5.